The Labute approximate surface area is 158 Å². The molecule has 7 nitrogen and oxygen atoms in total. The minimum atomic E-state index is -0.270. The first kappa shape index (κ1) is 20.1. The van der Waals surface area contributed by atoms with Crippen LogP contribution in [0.3, 0.4) is 0 Å². The summed E-state index contributed by atoms with van der Waals surface area (Å²) in [5, 5.41) is 5.37. The van der Waals surface area contributed by atoms with E-state index in [4.69, 9.17) is 14.2 Å². The molecule has 144 valence electrons. The molecule has 0 bridgehead atoms. The number of benzene rings is 2. The fraction of sp³-hybridized carbons (Fsp3) is 0.300. The summed E-state index contributed by atoms with van der Waals surface area (Å²) in [6, 6.07) is 12.6. The van der Waals surface area contributed by atoms with E-state index in [0.29, 0.717) is 18.0 Å². The number of nitrogens with one attached hydrogen (secondary N) is 2. The van der Waals surface area contributed by atoms with Crippen molar-refractivity contribution < 1.29 is 23.8 Å². The number of amides is 2. The van der Waals surface area contributed by atoms with Gasteiger partial charge in [-0.3, -0.25) is 9.59 Å². The Morgan fingerprint density at radius 1 is 0.778 bits per heavy atom. The Morgan fingerprint density at radius 2 is 1.44 bits per heavy atom. The van der Waals surface area contributed by atoms with Gasteiger partial charge in [0.2, 0.25) is 11.8 Å². The maximum Gasteiger partial charge on any atom is 0.239 e. The molecule has 0 fully saturated rings. The third-order valence-electron chi connectivity index (χ3n) is 3.91. The van der Waals surface area contributed by atoms with Crippen LogP contribution >= 0.6 is 0 Å². The van der Waals surface area contributed by atoms with E-state index in [9.17, 15) is 9.59 Å². The highest BCUT2D eigenvalue weighted by Gasteiger charge is 2.08. The molecule has 2 amide bonds. The van der Waals surface area contributed by atoms with Gasteiger partial charge in [-0.25, -0.2) is 0 Å². The lowest BCUT2D eigenvalue weighted by molar-refractivity contribution is -0.125. The highest BCUT2D eigenvalue weighted by molar-refractivity contribution is 5.85. The van der Waals surface area contributed by atoms with Gasteiger partial charge in [0.25, 0.3) is 0 Å². The molecule has 0 saturated heterocycles. The number of carbonyl (C=O) groups is 2. The number of methoxy groups -OCH3 is 3. The van der Waals surface area contributed by atoms with Gasteiger partial charge < -0.3 is 24.8 Å². The SMILES string of the molecule is COc1ccc(CC(=O)NCC(=O)NCc2ccc(OC)c(OC)c2)cc1. The van der Waals surface area contributed by atoms with Gasteiger partial charge in [0.05, 0.1) is 34.3 Å². The number of rotatable bonds is 9. The molecule has 0 atom stereocenters. The molecule has 0 aliphatic heterocycles. The average molecular weight is 372 g/mol. The molecule has 2 N–H and O–H groups in total. The van der Waals surface area contributed by atoms with Crippen LogP contribution in [0.2, 0.25) is 0 Å². The largest absolute Gasteiger partial charge is 0.497 e. The zero-order chi connectivity index (χ0) is 19.6. The molecular weight excluding hydrogens is 348 g/mol. The normalized spacial score (nSPS) is 10.0. The summed E-state index contributed by atoms with van der Waals surface area (Å²) in [7, 11) is 4.70. The van der Waals surface area contributed by atoms with Crippen molar-refractivity contribution in [2.75, 3.05) is 27.9 Å². The van der Waals surface area contributed by atoms with Crippen molar-refractivity contribution in [3.05, 3.63) is 53.6 Å². The van der Waals surface area contributed by atoms with Crippen molar-refractivity contribution in [3.63, 3.8) is 0 Å². The predicted molar refractivity (Wildman–Crippen MR) is 101 cm³/mol. The quantitative estimate of drug-likeness (QED) is 0.700. The standard InChI is InChI=1S/C20H24N2O5/c1-25-16-7-4-14(5-8-16)11-19(23)22-13-20(24)21-12-15-6-9-17(26-2)18(10-15)27-3/h4-10H,11-13H2,1-3H3,(H,21,24)(H,22,23). The summed E-state index contributed by atoms with van der Waals surface area (Å²) in [4.78, 5) is 23.9. The lowest BCUT2D eigenvalue weighted by atomic mass is 10.1. The molecule has 0 spiro atoms. The first-order chi connectivity index (χ1) is 13.0. The van der Waals surface area contributed by atoms with E-state index in [2.05, 4.69) is 10.6 Å². The Kier molecular flexibility index (Phi) is 7.49. The van der Waals surface area contributed by atoms with Gasteiger partial charge in [0.1, 0.15) is 5.75 Å². The molecule has 0 heterocycles. The zero-order valence-corrected chi connectivity index (χ0v) is 15.7. The van der Waals surface area contributed by atoms with E-state index in [-0.39, 0.29) is 24.8 Å². The summed E-state index contributed by atoms with van der Waals surface area (Å²) in [5.74, 6) is 1.46. The molecule has 2 aromatic carbocycles. The molecule has 27 heavy (non-hydrogen) atoms. The Morgan fingerprint density at radius 3 is 2.07 bits per heavy atom. The second-order valence-electron chi connectivity index (χ2n) is 5.77. The van der Waals surface area contributed by atoms with E-state index >= 15 is 0 Å². The minimum absolute atomic E-state index is 0.0811. The molecule has 7 heteroatoms. The number of carbonyl (C=O) groups excluding carboxylic acids is 2. The Balaban J connectivity index is 1.76. The molecule has 2 rings (SSSR count). The van der Waals surface area contributed by atoms with E-state index in [1.54, 1.807) is 45.6 Å². The van der Waals surface area contributed by atoms with Crippen LogP contribution in [-0.4, -0.2) is 39.7 Å². The van der Waals surface area contributed by atoms with Crippen LogP contribution in [0.5, 0.6) is 17.2 Å². The number of hydrogen-bond acceptors (Lipinski definition) is 5. The van der Waals surface area contributed by atoms with Crippen LogP contribution in [0.15, 0.2) is 42.5 Å². The summed E-state index contributed by atoms with van der Waals surface area (Å²) in [6.07, 6.45) is 0.201. The van der Waals surface area contributed by atoms with Gasteiger partial charge >= 0.3 is 0 Å². The van der Waals surface area contributed by atoms with E-state index in [0.717, 1.165) is 16.9 Å². The van der Waals surface area contributed by atoms with Gasteiger partial charge in [0, 0.05) is 6.54 Å². The van der Waals surface area contributed by atoms with Gasteiger partial charge in [-0.05, 0) is 35.4 Å². The summed E-state index contributed by atoms with van der Waals surface area (Å²) in [6.45, 7) is 0.246. The Bertz CT molecular complexity index is 774. The predicted octanol–water partition coefficient (Wildman–Crippen LogP) is 1.69. The second-order valence-corrected chi connectivity index (χ2v) is 5.77. The Hall–Kier alpha value is -3.22. The van der Waals surface area contributed by atoms with Crippen LogP contribution < -0.4 is 24.8 Å². The van der Waals surface area contributed by atoms with Crippen molar-refractivity contribution >= 4 is 11.8 Å². The summed E-state index contributed by atoms with van der Waals surface area (Å²) < 4.78 is 15.5. The van der Waals surface area contributed by atoms with Crippen LogP contribution in [0, 0.1) is 0 Å². The molecule has 0 saturated carbocycles. The third kappa shape index (κ3) is 6.22. The number of hydrogen-bond donors (Lipinski definition) is 2. The minimum Gasteiger partial charge on any atom is -0.497 e. The molecular formula is C20H24N2O5. The lowest BCUT2D eigenvalue weighted by Crippen LogP contribution is -2.37. The van der Waals surface area contributed by atoms with Crippen molar-refractivity contribution in [3.8, 4) is 17.2 Å². The maximum absolute atomic E-state index is 11.9. The van der Waals surface area contributed by atoms with Crippen LogP contribution in [0.4, 0.5) is 0 Å². The van der Waals surface area contributed by atoms with Gasteiger partial charge in [-0.1, -0.05) is 18.2 Å². The van der Waals surface area contributed by atoms with Crippen molar-refractivity contribution in [1.29, 1.82) is 0 Å². The van der Waals surface area contributed by atoms with Gasteiger partial charge in [-0.15, -0.1) is 0 Å². The molecule has 0 aliphatic carbocycles. The fourth-order valence-corrected chi connectivity index (χ4v) is 2.42. The molecule has 0 unspecified atom stereocenters. The van der Waals surface area contributed by atoms with E-state index in [1.807, 2.05) is 18.2 Å². The van der Waals surface area contributed by atoms with Crippen LogP contribution in [-0.2, 0) is 22.6 Å². The molecule has 2 aromatic rings. The molecule has 0 aromatic heterocycles. The first-order valence-corrected chi connectivity index (χ1v) is 8.43. The highest BCUT2D eigenvalue weighted by atomic mass is 16.5. The van der Waals surface area contributed by atoms with Crippen molar-refractivity contribution in [2.45, 2.75) is 13.0 Å². The topological polar surface area (TPSA) is 85.9 Å². The molecule has 0 radical (unpaired) electrons. The zero-order valence-electron chi connectivity index (χ0n) is 15.7. The highest BCUT2D eigenvalue weighted by Crippen LogP contribution is 2.27. The van der Waals surface area contributed by atoms with Crippen LogP contribution in [0.1, 0.15) is 11.1 Å². The fourth-order valence-electron chi connectivity index (χ4n) is 2.42. The van der Waals surface area contributed by atoms with E-state index in [1.165, 1.54) is 0 Å². The number of ether oxygens (including phenoxy) is 3. The smallest absolute Gasteiger partial charge is 0.239 e. The van der Waals surface area contributed by atoms with Crippen molar-refractivity contribution in [2.24, 2.45) is 0 Å². The summed E-state index contributed by atoms with van der Waals surface area (Å²) in [5.41, 5.74) is 1.71. The maximum atomic E-state index is 11.9. The van der Waals surface area contributed by atoms with Gasteiger partial charge in [-0.2, -0.15) is 0 Å². The summed E-state index contributed by atoms with van der Waals surface area (Å²) >= 11 is 0. The molecule has 0 aliphatic rings. The first-order valence-electron chi connectivity index (χ1n) is 8.43. The monoisotopic (exact) mass is 372 g/mol. The van der Waals surface area contributed by atoms with E-state index < -0.39 is 0 Å². The average Bonchev–Trinajstić information content (AvgIpc) is 2.71. The second kappa shape index (κ2) is 10.1. The third-order valence-corrected chi connectivity index (χ3v) is 3.91. The van der Waals surface area contributed by atoms with Crippen molar-refractivity contribution in [1.82, 2.24) is 10.6 Å². The van der Waals surface area contributed by atoms with Crippen LogP contribution in [0.25, 0.3) is 0 Å². The van der Waals surface area contributed by atoms with Gasteiger partial charge in [0.15, 0.2) is 11.5 Å². The lowest BCUT2D eigenvalue weighted by Gasteiger charge is -2.11.